The van der Waals surface area contributed by atoms with Crippen LogP contribution in [0, 0.1) is 0 Å². The SMILES string of the molecule is CCC(O)CCNC1CCCN(CC)CC1. The molecule has 0 aromatic heterocycles. The monoisotopic (exact) mass is 228 g/mol. The Bertz CT molecular complexity index is 175. The Kier molecular flexibility index (Phi) is 7.01. The quantitative estimate of drug-likeness (QED) is 0.725. The van der Waals surface area contributed by atoms with Gasteiger partial charge in [0.05, 0.1) is 6.10 Å². The maximum atomic E-state index is 9.47. The van der Waals surface area contributed by atoms with E-state index in [0.29, 0.717) is 6.04 Å². The molecule has 16 heavy (non-hydrogen) atoms. The zero-order chi connectivity index (χ0) is 11.8. The number of hydrogen-bond donors (Lipinski definition) is 2. The van der Waals surface area contributed by atoms with E-state index in [1.54, 1.807) is 0 Å². The first kappa shape index (κ1) is 13.9. The van der Waals surface area contributed by atoms with Crippen LogP contribution in [0.5, 0.6) is 0 Å². The second kappa shape index (κ2) is 8.04. The van der Waals surface area contributed by atoms with Gasteiger partial charge in [0.15, 0.2) is 0 Å². The standard InChI is InChI=1S/C13H28N2O/c1-3-13(16)7-9-14-12-6-5-10-15(4-2)11-8-12/h12-14,16H,3-11H2,1-2H3. The van der Waals surface area contributed by atoms with Crippen molar-refractivity contribution in [3.8, 4) is 0 Å². The van der Waals surface area contributed by atoms with E-state index in [0.717, 1.165) is 19.4 Å². The molecule has 1 aliphatic heterocycles. The fourth-order valence-electron chi connectivity index (χ4n) is 2.33. The molecule has 0 radical (unpaired) electrons. The van der Waals surface area contributed by atoms with Gasteiger partial charge in [0, 0.05) is 6.04 Å². The van der Waals surface area contributed by atoms with E-state index in [2.05, 4.69) is 17.1 Å². The van der Waals surface area contributed by atoms with Gasteiger partial charge in [-0.1, -0.05) is 13.8 Å². The number of nitrogens with one attached hydrogen (secondary N) is 1. The molecule has 3 nitrogen and oxygen atoms in total. The fraction of sp³-hybridized carbons (Fsp3) is 1.00. The summed E-state index contributed by atoms with van der Waals surface area (Å²) in [7, 11) is 0. The lowest BCUT2D eigenvalue weighted by Gasteiger charge is -2.19. The second-order valence-corrected chi connectivity index (χ2v) is 4.87. The smallest absolute Gasteiger partial charge is 0.0549 e. The fourth-order valence-corrected chi connectivity index (χ4v) is 2.33. The van der Waals surface area contributed by atoms with Crippen LogP contribution in [0.25, 0.3) is 0 Å². The lowest BCUT2D eigenvalue weighted by Crippen LogP contribution is -2.32. The van der Waals surface area contributed by atoms with E-state index in [4.69, 9.17) is 0 Å². The van der Waals surface area contributed by atoms with Crippen LogP contribution >= 0.6 is 0 Å². The van der Waals surface area contributed by atoms with E-state index in [1.807, 2.05) is 6.92 Å². The van der Waals surface area contributed by atoms with E-state index >= 15 is 0 Å². The molecule has 1 rings (SSSR count). The Hall–Kier alpha value is -0.120. The summed E-state index contributed by atoms with van der Waals surface area (Å²) in [4.78, 5) is 2.53. The second-order valence-electron chi connectivity index (χ2n) is 4.87. The number of aliphatic hydroxyl groups excluding tert-OH is 1. The first-order valence-electron chi connectivity index (χ1n) is 6.90. The topological polar surface area (TPSA) is 35.5 Å². The molecule has 1 aliphatic rings. The van der Waals surface area contributed by atoms with Gasteiger partial charge in [-0.2, -0.15) is 0 Å². The Balaban J connectivity index is 2.12. The molecule has 1 saturated heterocycles. The predicted octanol–water partition coefficient (Wildman–Crippen LogP) is 1.61. The Labute approximate surface area is 100 Å². The first-order valence-corrected chi connectivity index (χ1v) is 6.90. The largest absolute Gasteiger partial charge is 0.393 e. The van der Waals surface area contributed by atoms with Crippen molar-refractivity contribution < 1.29 is 5.11 Å². The lowest BCUT2D eigenvalue weighted by atomic mass is 10.1. The number of likely N-dealkylation sites (tertiary alicyclic amines) is 1. The Morgan fingerprint density at radius 1 is 1.31 bits per heavy atom. The van der Waals surface area contributed by atoms with Crippen LogP contribution in [0.1, 0.15) is 46.0 Å². The summed E-state index contributed by atoms with van der Waals surface area (Å²) in [5, 5.41) is 13.1. The van der Waals surface area contributed by atoms with Gasteiger partial charge in [-0.05, 0) is 58.3 Å². The normalized spacial score (nSPS) is 25.3. The summed E-state index contributed by atoms with van der Waals surface area (Å²) in [5.74, 6) is 0. The molecule has 0 amide bonds. The molecule has 1 fully saturated rings. The van der Waals surface area contributed by atoms with Crippen LogP contribution in [0.15, 0.2) is 0 Å². The van der Waals surface area contributed by atoms with Gasteiger partial charge in [0.2, 0.25) is 0 Å². The molecule has 1 heterocycles. The molecule has 2 atom stereocenters. The number of rotatable bonds is 6. The summed E-state index contributed by atoms with van der Waals surface area (Å²) in [6.45, 7) is 8.91. The molecule has 0 aromatic carbocycles. The van der Waals surface area contributed by atoms with Crippen molar-refractivity contribution in [1.82, 2.24) is 10.2 Å². The molecule has 0 saturated carbocycles. The van der Waals surface area contributed by atoms with Crippen molar-refractivity contribution in [3.05, 3.63) is 0 Å². The van der Waals surface area contributed by atoms with Crippen LogP contribution < -0.4 is 5.32 Å². The molecule has 0 aromatic rings. The third kappa shape index (κ3) is 5.28. The average Bonchev–Trinajstić information content (AvgIpc) is 2.54. The minimum Gasteiger partial charge on any atom is -0.393 e. The van der Waals surface area contributed by atoms with Crippen LogP contribution in [-0.2, 0) is 0 Å². The summed E-state index contributed by atoms with van der Waals surface area (Å²) in [6, 6.07) is 0.667. The van der Waals surface area contributed by atoms with Crippen LogP contribution in [0.4, 0.5) is 0 Å². The van der Waals surface area contributed by atoms with Crippen molar-refractivity contribution in [1.29, 1.82) is 0 Å². The molecule has 3 heteroatoms. The van der Waals surface area contributed by atoms with Crippen LogP contribution in [-0.4, -0.2) is 48.3 Å². The zero-order valence-corrected chi connectivity index (χ0v) is 10.9. The molecule has 96 valence electrons. The lowest BCUT2D eigenvalue weighted by molar-refractivity contribution is 0.158. The van der Waals surface area contributed by atoms with Crippen molar-refractivity contribution in [2.75, 3.05) is 26.2 Å². The molecular weight excluding hydrogens is 200 g/mol. The highest BCUT2D eigenvalue weighted by Gasteiger charge is 2.15. The Morgan fingerprint density at radius 3 is 2.81 bits per heavy atom. The van der Waals surface area contributed by atoms with Gasteiger partial charge in [-0.25, -0.2) is 0 Å². The van der Waals surface area contributed by atoms with E-state index in [9.17, 15) is 5.11 Å². The van der Waals surface area contributed by atoms with E-state index < -0.39 is 0 Å². The molecule has 2 unspecified atom stereocenters. The number of hydrogen-bond acceptors (Lipinski definition) is 3. The zero-order valence-electron chi connectivity index (χ0n) is 10.9. The third-order valence-corrected chi connectivity index (χ3v) is 3.65. The molecule has 0 spiro atoms. The summed E-state index contributed by atoms with van der Waals surface area (Å²) in [6.07, 6.45) is 5.50. The minimum atomic E-state index is -0.120. The molecule has 0 bridgehead atoms. The van der Waals surface area contributed by atoms with Gasteiger partial charge in [0.1, 0.15) is 0 Å². The third-order valence-electron chi connectivity index (χ3n) is 3.65. The van der Waals surface area contributed by atoms with Crippen molar-refractivity contribution in [2.24, 2.45) is 0 Å². The van der Waals surface area contributed by atoms with Gasteiger partial charge in [-0.3, -0.25) is 0 Å². The highest BCUT2D eigenvalue weighted by molar-refractivity contribution is 4.74. The van der Waals surface area contributed by atoms with E-state index in [1.165, 1.54) is 38.9 Å². The summed E-state index contributed by atoms with van der Waals surface area (Å²) in [5.41, 5.74) is 0. The van der Waals surface area contributed by atoms with Crippen molar-refractivity contribution in [3.63, 3.8) is 0 Å². The molecule has 0 aliphatic carbocycles. The molecular formula is C13H28N2O. The molecule has 2 N–H and O–H groups in total. The Morgan fingerprint density at radius 2 is 2.12 bits per heavy atom. The van der Waals surface area contributed by atoms with Gasteiger partial charge >= 0.3 is 0 Å². The van der Waals surface area contributed by atoms with Gasteiger partial charge < -0.3 is 15.3 Å². The van der Waals surface area contributed by atoms with Crippen molar-refractivity contribution >= 4 is 0 Å². The maximum absolute atomic E-state index is 9.47. The summed E-state index contributed by atoms with van der Waals surface area (Å²) < 4.78 is 0. The average molecular weight is 228 g/mol. The van der Waals surface area contributed by atoms with Crippen molar-refractivity contribution in [2.45, 2.75) is 58.1 Å². The van der Waals surface area contributed by atoms with Gasteiger partial charge in [-0.15, -0.1) is 0 Å². The van der Waals surface area contributed by atoms with Crippen LogP contribution in [0.2, 0.25) is 0 Å². The van der Waals surface area contributed by atoms with Crippen LogP contribution in [0.3, 0.4) is 0 Å². The predicted molar refractivity (Wildman–Crippen MR) is 68.7 cm³/mol. The van der Waals surface area contributed by atoms with E-state index in [-0.39, 0.29) is 6.10 Å². The number of nitrogens with zero attached hydrogens (tertiary/aromatic N) is 1. The summed E-state index contributed by atoms with van der Waals surface area (Å²) >= 11 is 0. The highest BCUT2D eigenvalue weighted by atomic mass is 16.3. The maximum Gasteiger partial charge on any atom is 0.0549 e. The minimum absolute atomic E-state index is 0.120. The highest BCUT2D eigenvalue weighted by Crippen LogP contribution is 2.10. The number of aliphatic hydroxyl groups is 1. The van der Waals surface area contributed by atoms with Gasteiger partial charge in [0.25, 0.3) is 0 Å². The first-order chi connectivity index (χ1) is 7.76.